The monoisotopic (exact) mass is 291 g/mol. The Balaban J connectivity index is 1.46. The summed E-state index contributed by atoms with van der Waals surface area (Å²) in [6, 6.07) is 6.05. The van der Waals surface area contributed by atoms with Crippen molar-refractivity contribution in [1.29, 1.82) is 0 Å². The molecule has 0 aliphatic heterocycles. The van der Waals surface area contributed by atoms with Crippen LogP contribution in [0.3, 0.4) is 0 Å². The highest BCUT2D eigenvalue weighted by Crippen LogP contribution is 2.49. The van der Waals surface area contributed by atoms with Gasteiger partial charge in [0.2, 0.25) is 0 Å². The number of halogens is 1. The number of carbonyl (C=O) groups is 1. The Bertz CT molecular complexity index is 519. The van der Waals surface area contributed by atoms with Crippen molar-refractivity contribution in [1.82, 2.24) is 5.32 Å². The van der Waals surface area contributed by atoms with Crippen molar-refractivity contribution in [3.05, 3.63) is 30.1 Å². The van der Waals surface area contributed by atoms with Gasteiger partial charge in [-0.1, -0.05) is 12.5 Å². The first-order valence-corrected chi connectivity index (χ1v) is 7.79. The molecule has 0 heterocycles. The Morgan fingerprint density at radius 3 is 2.95 bits per heavy atom. The van der Waals surface area contributed by atoms with Crippen molar-refractivity contribution in [3.63, 3.8) is 0 Å². The summed E-state index contributed by atoms with van der Waals surface area (Å²) in [5.74, 6) is 2.18. The molecule has 2 fully saturated rings. The van der Waals surface area contributed by atoms with Gasteiger partial charge in [-0.15, -0.1) is 0 Å². The zero-order chi connectivity index (χ0) is 14.8. The topological polar surface area (TPSA) is 38.3 Å². The van der Waals surface area contributed by atoms with Crippen LogP contribution in [0, 0.1) is 23.6 Å². The SMILES string of the molecule is C[C@@H](NC(=O)COc1cccc(F)c1)[C@H]1C[C@H]2CC[C@H]1C2. The summed E-state index contributed by atoms with van der Waals surface area (Å²) in [4.78, 5) is 11.9. The van der Waals surface area contributed by atoms with Gasteiger partial charge in [0.05, 0.1) is 0 Å². The molecule has 2 bridgehead atoms. The smallest absolute Gasteiger partial charge is 0.258 e. The van der Waals surface area contributed by atoms with E-state index in [9.17, 15) is 9.18 Å². The number of carbonyl (C=O) groups excluding carboxylic acids is 1. The largest absolute Gasteiger partial charge is 0.484 e. The molecule has 2 saturated carbocycles. The van der Waals surface area contributed by atoms with E-state index < -0.39 is 0 Å². The maximum Gasteiger partial charge on any atom is 0.258 e. The molecule has 3 rings (SSSR count). The van der Waals surface area contributed by atoms with Crippen molar-refractivity contribution in [2.45, 2.75) is 38.6 Å². The van der Waals surface area contributed by atoms with Crippen molar-refractivity contribution in [2.75, 3.05) is 6.61 Å². The number of nitrogens with one attached hydrogen (secondary N) is 1. The predicted octanol–water partition coefficient (Wildman–Crippen LogP) is 3.15. The van der Waals surface area contributed by atoms with E-state index in [2.05, 4.69) is 12.2 Å². The highest BCUT2D eigenvalue weighted by atomic mass is 19.1. The minimum Gasteiger partial charge on any atom is -0.484 e. The average Bonchev–Trinajstić information content (AvgIpc) is 3.08. The van der Waals surface area contributed by atoms with Crippen molar-refractivity contribution >= 4 is 5.91 Å². The van der Waals surface area contributed by atoms with E-state index in [-0.39, 0.29) is 24.4 Å². The third kappa shape index (κ3) is 3.36. The summed E-state index contributed by atoms with van der Waals surface area (Å²) in [6.45, 7) is 2.03. The Morgan fingerprint density at radius 2 is 2.29 bits per heavy atom. The van der Waals surface area contributed by atoms with Gasteiger partial charge < -0.3 is 10.1 Å². The zero-order valence-electron chi connectivity index (χ0n) is 12.3. The lowest BCUT2D eigenvalue weighted by Gasteiger charge is -2.28. The molecular formula is C17H22FNO2. The third-order valence-corrected chi connectivity index (χ3v) is 4.99. The standard InChI is InChI=1S/C17H22FNO2/c1-11(16-8-12-5-6-13(16)7-12)19-17(20)10-21-15-4-2-3-14(18)9-15/h2-4,9,11-13,16H,5-8,10H2,1H3,(H,19,20)/t11-,12+,13+,16-/m1/s1. The fraction of sp³-hybridized carbons (Fsp3) is 0.588. The van der Waals surface area contributed by atoms with Crippen LogP contribution in [-0.4, -0.2) is 18.6 Å². The quantitative estimate of drug-likeness (QED) is 0.905. The van der Waals surface area contributed by atoms with E-state index in [0.29, 0.717) is 11.7 Å². The van der Waals surface area contributed by atoms with Crippen molar-refractivity contribution < 1.29 is 13.9 Å². The fourth-order valence-corrected chi connectivity index (χ4v) is 4.01. The molecule has 0 saturated heterocycles. The molecule has 0 spiro atoms. The molecule has 4 heteroatoms. The molecule has 2 aliphatic carbocycles. The van der Waals surface area contributed by atoms with Crippen LogP contribution in [0.1, 0.15) is 32.6 Å². The van der Waals surface area contributed by atoms with Crippen LogP contribution >= 0.6 is 0 Å². The van der Waals surface area contributed by atoms with Gasteiger partial charge in [0.1, 0.15) is 11.6 Å². The Kier molecular flexibility index (Phi) is 4.13. The summed E-state index contributed by atoms with van der Waals surface area (Å²) in [5.41, 5.74) is 0. The van der Waals surface area contributed by atoms with Gasteiger partial charge in [-0.25, -0.2) is 4.39 Å². The number of hydrogen-bond acceptors (Lipinski definition) is 2. The molecular weight excluding hydrogens is 269 g/mol. The van der Waals surface area contributed by atoms with Gasteiger partial charge in [0, 0.05) is 12.1 Å². The van der Waals surface area contributed by atoms with E-state index in [1.165, 1.54) is 37.8 Å². The van der Waals surface area contributed by atoms with Gasteiger partial charge in [-0.2, -0.15) is 0 Å². The molecule has 0 unspecified atom stereocenters. The molecule has 1 aromatic carbocycles. The third-order valence-electron chi connectivity index (χ3n) is 4.99. The van der Waals surface area contributed by atoms with Crippen LogP contribution in [0.4, 0.5) is 4.39 Å². The molecule has 4 atom stereocenters. The number of fused-ring (bicyclic) bond motifs is 2. The van der Waals surface area contributed by atoms with Crippen LogP contribution in [0.2, 0.25) is 0 Å². The zero-order valence-corrected chi connectivity index (χ0v) is 12.3. The van der Waals surface area contributed by atoms with Crippen LogP contribution in [-0.2, 0) is 4.79 Å². The van der Waals surface area contributed by atoms with Crippen molar-refractivity contribution in [3.8, 4) is 5.75 Å². The highest BCUT2D eigenvalue weighted by molar-refractivity contribution is 5.77. The Hall–Kier alpha value is -1.58. The molecule has 1 aromatic rings. The maximum absolute atomic E-state index is 13.0. The lowest BCUT2D eigenvalue weighted by Crippen LogP contribution is -2.42. The number of benzene rings is 1. The van der Waals surface area contributed by atoms with Gasteiger partial charge in [0.25, 0.3) is 5.91 Å². The predicted molar refractivity (Wildman–Crippen MR) is 78.4 cm³/mol. The number of ether oxygens (including phenoxy) is 1. The van der Waals surface area contributed by atoms with Gasteiger partial charge in [0.15, 0.2) is 6.61 Å². The first-order valence-electron chi connectivity index (χ1n) is 7.79. The van der Waals surface area contributed by atoms with Crippen LogP contribution in [0.15, 0.2) is 24.3 Å². The summed E-state index contributed by atoms with van der Waals surface area (Å²) in [5, 5.41) is 3.03. The van der Waals surface area contributed by atoms with Gasteiger partial charge in [-0.05, 0) is 56.1 Å². The Labute approximate surface area is 124 Å². The molecule has 1 amide bonds. The summed E-state index contributed by atoms with van der Waals surface area (Å²) in [6.07, 6.45) is 5.27. The average molecular weight is 291 g/mol. The van der Waals surface area contributed by atoms with Crippen LogP contribution in [0.25, 0.3) is 0 Å². The minimum absolute atomic E-state index is 0.0609. The summed E-state index contributed by atoms with van der Waals surface area (Å²) >= 11 is 0. The number of amides is 1. The second kappa shape index (κ2) is 6.04. The van der Waals surface area contributed by atoms with E-state index in [1.807, 2.05) is 0 Å². The second-order valence-corrected chi connectivity index (χ2v) is 6.44. The molecule has 0 aromatic heterocycles. The lowest BCUT2D eigenvalue weighted by molar-refractivity contribution is -0.124. The fourth-order valence-electron chi connectivity index (χ4n) is 4.01. The molecule has 1 N–H and O–H groups in total. The normalized spacial score (nSPS) is 28.4. The second-order valence-electron chi connectivity index (χ2n) is 6.44. The van der Waals surface area contributed by atoms with Crippen LogP contribution in [0.5, 0.6) is 5.75 Å². The van der Waals surface area contributed by atoms with E-state index in [4.69, 9.17) is 4.74 Å². The molecule has 114 valence electrons. The molecule has 2 aliphatic rings. The molecule has 3 nitrogen and oxygen atoms in total. The first-order chi connectivity index (χ1) is 10.1. The number of hydrogen-bond donors (Lipinski definition) is 1. The van der Waals surface area contributed by atoms with Gasteiger partial charge >= 0.3 is 0 Å². The lowest BCUT2D eigenvalue weighted by atomic mass is 9.84. The van der Waals surface area contributed by atoms with Gasteiger partial charge in [-0.3, -0.25) is 4.79 Å². The molecule has 0 radical (unpaired) electrons. The number of rotatable bonds is 5. The summed E-state index contributed by atoms with van der Waals surface area (Å²) < 4.78 is 18.3. The summed E-state index contributed by atoms with van der Waals surface area (Å²) in [7, 11) is 0. The van der Waals surface area contributed by atoms with E-state index in [1.54, 1.807) is 12.1 Å². The maximum atomic E-state index is 13.0. The van der Waals surface area contributed by atoms with Crippen LogP contribution < -0.4 is 10.1 Å². The first kappa shape index (κ1) is 14.4. The van der Waals surface area contributed by atoms with Crippen molar-refractivity contribution in [2.24, 2.45) is 17.8 Å². The van der Waals surface area contributed by atoms with E-state index in [0.717, 1.165) is 11.8 Å². The Morgan fingerprint density at radius 1 is 1.43 bits per heavy atom. The highest BCUT2D eigenvalue weighted by Gasteiger charge is 2.42. The minimum atomic E-state index is -0.358. The molecule has 21 heavy (non-hydrogen) atoms. The van der Waals surface area contributed by atoms with E-state index >= 15 is 0 Å².